The summed E-state index contributed by atoms with van der Waals surface area (Å²) in [5, 5.41) is 11.3. The molecule has 0 bridgehead atoms. The highest BCUT2D eigenvalue weighted by molar-refractivity contribution is 7.99. The molecule has 0 aliphatic carbocycles. The first-order chi connectivity index (χ1) is 8.52. The molecule has 100 valence electrons. The van der Waals surface area contributed by atoms with Gasteiger partial charge in [-0.3, -0.25) is 4.79 Å². The zero-order valence-electron chi connectivity index (χ0n) is 9.81. The second kappa shape index (κ2) is 7.66. The normalized spacial score (nSPS) is 12.1. The summed E-state index contributed by atoms with van der Waals surface area (Å²) in [5.41, 5.74) is 0. The second-order valence-electron chi connectivity index (χ2n) is 3.57. The van der Waals surface area contributed by atoms with Crippen molar-refractivity contribution in [3.05, 3.63) is 21.3 Å². The third-order valence-electron chi connectivity index (χ3n) is 2.15. The number of hydrogen-bond acceptors (Lipinski definition) is 4. The first-order valence-corrected chi connectivity index (χ1v) is 7.72. The van der Waals surface area contributed by atoms with Gasteiger partial charge in [0.25, 0.3) is 0 Å². The molecule has 1 amide bonds. The minimum Gasteiger partial charge on any atom is -0.480 e. The molecule has 7 heteroatoms. The molecule has 0 spiro atoms. The highest BCUT2D eigenvalue weighted by atomic mass is 35.5. The molecule has 1 heterocycles. The molecule has 1 rings (SSSR count). The van der Waals surface area contributed by atoms with Gasteiger partial charge in [-0.05, 0) is 18.6 Å². The molecule has 0 saturated carbocycles. The fourth-order valence-corrected chi connectivity index (χ4v) is 3.28. The van der Waals surface area contributed by atoms with Crippen LogP contribution in [0.1, 0.15) is 18.2 Å². The molecule has 0 aliphatic heterocycles. The maximum absolute atomic E-state index is 11.5. The van der Waals surface area contributed by atoms with Crippen LogP contribution >= 0.6 is 34.7 Å². The Morgan fingerprint density at radius 1 is 1.56 bits per heavy atom. The first kappa shape index (κ1) is 15.3. The van der Waals surface area contributed by atoms with Gasteiger partial charge in [0.05, 0.1) is 10.1 Å². The van der Waals surface area contributed by atoms with Crippen molar-refractivity contribution in [2.75, 3.05) is 5.75 Å². The summed E-state index contributed by atoms with van der Waals surface area (Å²) < 4.78 is 0.729. The molecule has 1 aromatic heterocycles. The van der Waals surface area contributed by atoms with E-state index in [4.69, 9.17) is 16.7 Å². The molecule has 0 radical (unpaired) electrons. The Kier molecular flexibility index (Phi) is 6.52. The number of thiophene rings is 1. The summed E-state index contributed by atoms with van der Waals surface area (Å²) >= 11 is 8.71. The molecule has 1 aromatic rings. The summed E-state index contributed by atoms with van der Waals surface area (Å²) in [4.78, 5) is 23.3. The van der Waals surface area contributed by atoms with E-state index in [1.54, 1.807) is 6.92 Å². The van der Waals surface area contributed by atoms with Crippen molar-refractivity contribution in [1.29, 1.82) is 0 Å². The van der Waals surface area contributed by atoms with Crippen LogP contribution in [-0.2, 0) is 15.3 Å². The van der Waals surface area contributed by atoms with E-state index in [1.807, 2.05) is 12.1 Å². The topological polar surface area (TPSA) is 66.4 Å². The molecule has 0 fully saturated rings. The van der Waals surface area contributed by atoms with Gasteiger partial charge < -0.3 is 10.4 Å². The monoisotopic (exact) mass is 307 g/mol. The van der Waals surface area contributed by atoms with Gasteiger partial charge in [0, 0.05) is 10.6 Å². The Morgan fingerprint density at radius 2 is 2.28 bits per heavy atom. The van der Waals surface area contributed by atoms with Crippen molar-refractivity contribution in [2.45, 2.75) is 25.1 Å². The molecule has 2 N–H and O–H groups in total. The van der Waals surface area contributed by atoms with Crippen molar-refractivity contribution in [2.24, 2.45) is 0 Å². The Labute approximate surface area is 119 Å². The molecule has 1 atom stereocenters. The van der Waals surface area contributed by atoms with Crippen molar-refractivity contribution >= 4 is 46.6 Å². The molecular weight excluding hydrogens is 294 g/mol. The second-order valence-corrected chi connectivity index (χ2v) is 6.35. The number of hydrogen-bond donors (Lipinski definition) is 2. The summed E-state index contributed by atoms with van der Waals surface area (Å²) in [6, 6.07) is 2.94. The molecule has 0 unspecified atom stereocenters. The number of aliphatic carboxylic acids is 1. The number of carbonyl (C=O) groups excluding carboxylic acids is 1. The largest absolute Gasteiger partial charge is 0.480 e. The van der Waals surface area contributed by atoms with Gasteiger partial charge in [-0.25, -0.2) is 4.79 Å². The number of carbonyl (C=O) groups is 2. The van der Waals surface area contributed by atoms with E-state index in [1.165, 1.54) is 23.1 Å². The Hall–Kier alpha value is -0.720. The van der Waals surface area contributed by atoms with Crippen LogP contribution in [0.15, 0.2) is 12.1 Å². The Bertz CT molecular complexity index is 422. The quantitative estimate of drug-likeness (QED) is 0.812. The van der Waals surface area contributed by atoms with Gasteiger partial charge in [0.1, 0.15) is 6.04 Å². The summed E-state index contributed by atoms with van der Waals surface area (Å²) in [6.07, 6.45) is 0.381. The van der Waals surface area contributed by atoms with Crippen molar-refractivity contribution < 1.29 is 14.7 Å². The van der Waals surface area contributed by atoms with Crippen LogP contribution in [0.3, 0.4) is 0 Å². The fraction of sp³-hybridized carbons (Fsp3) is 0.455. The van der Waals surface area contributed by atoms with Gasteiger partial charge in [0.2, 0.25) is 5.91 Å². The Balaban J connectivity index is 2.26. The van der Waals surface area contributed by atoms with Gasteiger partial charge >= 0.3 is 5.97 Å². The predicted molar refractivity (Wildman–Crippen MR) is 75.3 cm³/mol. The van der Waals surface area contributed by atoms with Crippen LogP contribution in [0.4, 0.5) is 0 Å². The zero-order chi connectivity index (χ0) is 13.5. The van der Waals surface area contributed by atoms with Gasteiger partial charge in [-0.2, -0.15) is 0 Å². The molecule has 4 nitrogen and oxygen atoms in total. The maximum Gasteiger partial charge on any atom is 0.326 e. The number of halogens is 1. The van der Waals surface area contributed by atoms with E-state index in [-0.39, 0.29) is 11.7 Å². The van der Waals surface area contributed by atoms with Crippen molar-refractivity contribution in [1.82, 2.24) is 5.32 Å². The smallest absolute Gasteiger partial charge is 0.326 e. The van der Waals surface area contributed by atoms with Crippen LogP contribution in [0.5, 0.6) is 0 Å². The molecule has 0 aliphatic rings. The van der Waals surface area contributed by atoms with E-state index in [0.29, 0.717) is 12.2 Å². The first-order valence-electron chi connectivity index (χ1n) is 5.37. The van der Waals surface area contributed by atoms with Gasteiger partial charge in [-0.15, -0.1) is 23.1 Å². The number of thioether (sulfide) groups is 1. The highest BCUT2D eigenvalue weighted by Crippen LogP contribution is 2.24. The predicted octanol–water partition coefficient (Wildman–Crippen LogP) is 2.61. The number of rotatable bonds is 7. The van der Waals surface area contributed by atoms with Crippen LogP contribution in [0.2, 0.25) is 4.34 Å². The zero-order valence-corrected chi connectivity index (χ0v) is 12.2. The number of nitrogens with one attached hydrogen (secondary N) is 1. The lowest BCUT2D eigenvalue weighted by molar-refractivity contribution is -0.141. The minimum atomic E-state index is -0.999. The summed E-state index contributed by atoms with van der Waals surface area (Å²) in [6.45, 7) is 1.72. The maximum atomic E-state index is 11.5. The standard InChI is InChI=1S/C11H14ClNO3S2/c1-2-8(11(15)16)13-10(14)6-17-5-7-3-4-9(12)18-7/h3-4,8H,2,5-6H2,1H3,(H,13,14)(H,15,16)/t8-/m1/s1. The fourth-order valence-electron chi connectivity index (χ4n) is 1.25. The van der Waals surface area contributed by atoms with Crippen LogP contribution in [-0.4, -0.2) is 28.8 Å². The number of amides is 1. The Morgan fingerprint density at radius 3 is 2.78 bits per heavy atom. The third-order valence-corrected chi connectivity index (χ3v) is 4.54. The van der Waals surface area contributed by atoms with Crippen LogP contribution in [0, 0.1) is 0 Å². The van der Waals surface area contributed by atoms with E-state index >= 15 is 0 Å². The third kappa shape index (κ3) is 5.29. The lowest BCUT2D eigenvalue weighted by Crippen LogP contribution is -2.41. The summed E-state index contributed by atoms with van der Waals surface area (Å²) in [5.74, 6) is -0.300. The average Bonchev–Trinajstić information content (AvgIpc) is 2.71. The lowest BCUT2D eigenvalue weighted by Gasteiger charge is -2.11. The average molecular weight is 308 g/mol. The molecule has 0 aromatic carbocycles. The highest BCUT2D eigenvalue weighted by Gasteiger charge is 2.17. The van der Waals surface area contributed by atoms with Crippen LogP contribution in [0.25, 0.3) is 0 Å². The minimum absolute atomic E-state index is 0.249. The van der Waals surface area contributed by atoms with E-state index < -0.39 is 12.0 Å². The summed E-state index contributed by atoms with van der Waals surface area (Å²) in [7, 11) is 0. The van der Waals surface area contributed by atoms with E-state index in [9.17, 15) is 9.59 Å². The lowest BCUT2D eigenvalue weighted by atomic mass is 10.2. The van der Waals surface area contributed by atoms with Gasteiger partial charge in [0.15, 0.2) is 0 Å². The molecular formula is C11H14ClNO3S2. The SMILES string of the molecule is CC[C@@H](NC(=O)CSCc1ccc(Cl)s1)C(=O)O. The van der Waals surface area contributed by atoms with Gasteiger partial charge in [-0.1, -0.05) is 18.5 Å². The molecule has 18 heavy (non-hydrogen) atoms. The van der Waals surface area contributed by atoms with E-state index in [0.717, 1.165) is 9.21 Å². The van der Waals surface area contributed by atoms with E-state index in [2.05, 4.69) is 5.32 Å². The number of carboxylic acid groups (broad SMARTS) is 1. The number of carboxylic acids is 1. The van der Waals surface area contributed by atoms with Crippen molar-refractivity contribution in [3.63, 3.8) is 0 Å². The molecule has 0 saturated heterocycles. The van der Waals surface area contributed by atoms with Crippen molar-refractivity contribution in [3.8, 4) is 0 Å². The van der Waals surface area contributed by atoms with Crippen LogP contribution < -0.4 is 5.32 Å².